The molecule has 0 unspecified atom stereocenters. The van der Waals surface area contributed by atoms with Crippen LogP contribution >= 0.6 is 0 Å². The van der Waals surface area contributed by atoms with Gasteiger partial charge in [0.15, 0.2) is 0 Å². The van der Waals surface area contributed by atoms with E-state index in [9.17, 15) is 0 Å². The molecule has 0 fully saturated rings. The van der Waals surface area contributed by atoms with Gasteiger partial charge in [-0.05, 0) is 25.3 Å². The Morgan fingerprint density at radius 3 is 2.44 bits per heavy atom. The van der Waals surface area contributed by atoms with Crippen molar-refractivity contribution in [3.05, 3.63) is 23.3 Å². The third-order valence-corrected chi connectivity index (χ3v) is 1.67. The third-order valence-electron chi connectivity index (χ3n) is 1.67. The van der Waals surface area contributed by atoms with Crippen molar-refractivity contribution < 1.29 is 0 Å². The Hall–Kier alpha value is 0.0774. The second-order valence-electron chi connectivity index (χ2n) is 2.27. The summed E-state index contributed by atoms with van der Waals surface area (Å²) in [7, 11) is 0. The van der Waals surface area contributed by atoms with Crippen LogP contribution in [0.15, 0.2) is 23.3 Å². The quantitative estimate of drug-likeness (QED) is 0.460. The molecule has 0 spiro atoms. The molecule has 1 rings (SSSR count). The smallest absolute Gasteiger partial charge is 0 e. The summed E-state index contributed by atoms with van der Waals surface area (Å²) in [5.74, 6) is 0. The van der Waals surface area contributed by atoms with Gasteiger partial charge in [0.25, 0.3) is 0 Å². The molecule has 1 aliphatic carbocycles. The molecule has 0 nitrogen and oxygen atoms in total. The molecule has 45 valence electrons. The Kier molecular flexibility index (Phi) is 4.02. The van der Waals surface area contributed by atoms with Crippen molar-refractivity contribution in [1.29, 1.82) is 0 Å². The van der Waals surface area contributed by atoms with Gasteiger partial charge in [0.05, 0.1) is 0 Å². The van der Waals surface area contributed by atoms with Crippen molar-refractivity contribution in [3.63, 3.8) is 0 Å². The SMILES string of the molecule is CCC1=C(C)CC=C1.[Li]. The summed E-state index contributed by atoms with van der Waals surface area (Å²) >= 11 is 0. The van der Waals surface area contributed by atoms with Crippen LogP contribution in [0, 0.1) is 0 Å². The van der Waals surface area contributed by atoms with Gasteiger partial charge in [-0.25, -0.2) is 0 Å². The molecule has 0 amide bonds. The molecular weight excluding hydrogens is 103 g/mol. The van der Waals surface area contributed by atoms with Gasteiger partial charge in [-0.1, -0.05) is 24.6 Å². The summed E-state index contributed by atoms with van der Waals surface area (Å²) in [6.45, 7) is 4.41. The summed E-state index contributed by atoms with van der Waals surface area (Å²) in [4.78, 5) is 0. The number of hydrogen-bond donors (Lipinski definition) is 0. The molecule has 0 aromatic carbocycles. The zero-order chi connectivity index (χ0) is 5.98. The van der Waals surface area contributed by atoms with Gasteiger partial charge in [0.2, 0.25) is 0 Å². The summed E-state index contributed by atoms with van der Waals surface area (Å²) in [6, 6.07) is 0. The molecule has 9 heavy (non-hydrogen) atoms. The zero-order valence-corrected chi connectivity index (χ0v) is 6.57. The van der Waals surface area contributed by atoms with Crippen molar-refractivity contribution >= 4 is 18.9 Å². The maximum atomic E-state index is 2.23. The van der Waals surface area contributed by atoms with Gasteiger partial charge in [0.1, 0.15) is 0 Å². The van der Waals surface area contributed by atoms with Crippen LogP contribution in [-0.4, -0.2) is 18.9 Å². The Balaban J connectivity index is 0.000000640. The Labute approximate surface area is 69.2 Å². The monoisotopic (exact) mass is 115 g/mol. The fourth-order valence-corrected chi connectivity index (χ4v) is 1.07. The Bertz CT molecular complexity index is 143. The number of allylic oxidation sites excluding steroid dienone is 4. The van der Waals surface area contributed by atoms with Gasteiger partial charge in [0, 0.05) is 18.9 Å². The van der Waals surface area contributed by atoms with Gasteiger partial charge in [-0.2, -0.15) is 0 Å². The second kappa shape index (κ2) is 3.98. The first kappa shape index (κ1) is 9.08. The summed E-state index contributed by atoms with van der Waals surface area (Å²) in [5, 5.41) is 0. The first-order valence-corrected chi connectivity index (χ1v) is 3.19. The largest absolute Gasteiger partial charge is 0.0802 e. The zero-order valence-electron chi connectivity index (χ0n) is 6.57. The number of rotatable bonds is 1. The summed E-state index contributed by atoms with van der Waals surface area (Å²) in [5.41, 5.74) is 3.08. The molecule has 0 heterocycles. The minimum atomic E-state index is 0. The molecular formula is C8H12Li. The van der Waals surface area contributed by atoms with Gasteiger partial charge >= 0.3 is 0 Å². The van der Waals surface area contributed by atoms with E-state index in [0.29, 0.717) is 0 Å². The maximum Gasteiger partial charge on any atom is 0 e. The van der Waals surface area contributed by atoms with Crippen molar-refractivity contribution in [3.8, 4) is 0 Å². The molecule has 0 bridgehead atoms. The van der Waals surface area contributed by atoms with E-state index in [1.165, 1.54) is 18.4 Å². The third kappa shape index (κ3) is 2.05. The van der Waals surface area contributed by atoms with Crippen LogP contribution in [0.25, 0.3) is 0 Å². The molecule has 0 aliphatic heterocycles. The predicted molar refractivity (Wildman–Crippen MR) is 42.5 cm³/mol. The van der Waals surface area contributed by atoms with Crippen LogP contribution in [0.5, 0.6) is 0 Å². The minimum absolute atomic E-state index is 0. The van der Waals surface area contributed by atoms with E-state index in [1.807, 2.05) is 0 Å². The fourth-order valence-electron chi connectivity index (χ4n) is 1.07. The molecule has 0 atom stereocenters. The second-order valence-corrected chi connectivity index (χ2v) is 2.27. The molecule has 1 aliphatic rings. The maximum absolute atomic E-state index is 2.23. The van der Waals surface area contributed by atoms with Crippen molar-refractivity contribution in [2.45, 2.75) is 26.7 Å². The topological polar surface area (TPSA) is 0 Å². The van der Waals surface area contributed by atoms with Crippen LogP contribution < -0.4 is 0 Å². The molecule has 0 saturated heterocycles. The van der Waals surface area contributed by atoms with E-state index < -0.39 is 0 Å². The standard InChI is InChI=1S/C8H12.Li/c1-3-8-6-4-5-7(8)2;/h4,6H,3,5H2,1-2H3;. The number of hydrogen-bond acceptors (Lipinski definition) is 0. The van der Waals surface area contributed by atoms with Gasteiger partial charge in [-0.15, -0.1) is 0 Å². The fraction of sp³-hybridized carbons (Fsp3) is 0.500. The molecule has 0 saturated carbocycles. The van der Waals surface area contributed by atoms with Crippen LogP contribution in [0.1, 0.15) is 26.7 Å². The van der Waals surface area contributed by atoms with Gasteiger partial charge < -0.3 is 0 Å². The van der Waals surface area contributed by atoms with Crippen LogP contribution in [0.3, 0.4) is 0 Å². The van der Waals surface area contributed by atoms with Crippen LogP contribution in [-0.2, 0) is 0 Å². The van der Waals surface area contributed by atoms with Crippen molar-refractivity contribution in [1.82, 2.24) is 0 Å². The Morgan fingerprint density at radius 1 is 1.56 bits per heavy atom. The molecule has 0 aromatic heterocycles. The minimum Gasteiger partial charge on any atom is -0.0802 e. The van der Waals surface area contributed by atoms with Crippen molar-refractivity contribution in [2.24, 2.45) is 0 Å². The molecule has 1 radical (unpaired) electrons. The van der Waals surface area contributed by atoms with Gasteiger partial charge in [-0.3, -0.25) is 0 Å². The van der Waals surface area contributed by atoms with Crippen LogP contribution in [0.4, 0.5) is 0 Å². The van der Waals surface area contributed by atoms with Crippen LogP contribution in [0.2, 0.25) is 0 Å². The summed E-state index contributed by atoms with van der Waals surface area (Å²) < 4.78 is 0. The average molecular weight is 115 g/mol. The van der Waals surface area contributed by atoms with E-state index in [2.05, 4.69) is 26.0 Å². The van der Waals surface area contributed by atoms with Crippen molar-refractivity contribution in [2.75, 3.05) is 0 Å². The van der Waals surface area contributed by atoms with E-state index in [1.54, 1.807) is 5.57 Å². The summed E-state index contributed by atoms with van der Waals surface area (Å²) in [6.07, 6.45) is 6.84. The predicted octanol–water partition coefficient (Wildman–Crippen LogP) is 2.29. The molecule has 0 N–H and O–H groups in total. The van der Waals surface area contributed by atoms with E-state index in [0.717, 1.165) is 0 Å². The first-order chi connectivity index (χ1) is 3.84. The van der Waals surface area contributed by atoms with E-state index in [-0.39, 0.29) is 18.9 Å². The van der Waals surface area contributed by atoms with E-state index in [4.69, 9.17) is 0 Å². The van der Waals surface area contributed by atoms with E-state index >= 15 is 0 Å². The normalized spacial score (nSPS) is 16.2. The first-order valence-electron chi connectivity index (χ1n) is 3.19. The Morgan fingerprint density at radius 2 is 2.22 bits per heavy atom. The molecule has 0 aromatic rings. The average Bonchev–Trinajstić information content (AvgIpc) is 2.14. The molecule has 1 heteroatoms.